The molecule has 14 aromatic carbocycles. The molecule has 0 saturated heterocycles. The van der Waals surface area contributed by atoms with E-state index in [9.17, 15) is 0 Å². The Morgan fingerprint density at radius 3 is 1.34 bits per heavy atom. The van der Waals surface area contributed by atoms with Crippen LogP contribution in [0.25, 0.3) is 111 Å². The summed E-state index contributed by atoms with van der Waals surface area (Å²) in [4.78, 5) is 5.01. The maximum atomic E-state index is 6.49. The Morgan fingerprint density at radius 2 is 0.682 bits per heavy atom. The molecule has 10 aliphatic rings. The molecule has 107 heavy (non-hydrogen) atoms. The molecule has 512 valence electrons. The molecule has 3 nitrogen and oxygen atoms in total. The highest BCUT2D eigenvalue weighted by Gasteiger charge is 2.82. The molecule has 5 unspecified atom stereocenters. The summed E-state index contributed by atoms with van der Waals surface area (Å²) in [7, 11) is 0. The van der Waals surface area contributed by atoms with Gasteiger partial charge in [0.2, 0.25) is 0 Å². The smallest absolute Gasteiger partial charge is 0.135 e. The van der Waals surface area contributed by atoms with E-state index in [1.807, 2.05) is 0 Å². The number of furan rings is 1. The average molecular weight is 1370 g/mol. The lowest BCUT2D eigenvalue weighted by molar-refractivity contribution is -0.193. The van der Waals surface area contributed by atoms with Crippen LogP contribution >= 0.6 is 0 Å². The molecule has 0 aliphatic heterocycles. The van der Waals surface area contributed by atoms with Crippen LogP contribution in [-0.2, 0) is 10.8 Å². The summed E-state index contributed by atoms with van der Waals surface area (Å²) in [5, 5.41) is 2.25. The van der Waals surface area contributed by atoms with E-state index in [1.54, 1.807) is 22.3 Å². The summed E-state index contributed by atoms with van der Waals surface area (Å²) >= 11 is 0. The van der Waals surface area contributed by atoms with Gasteiger partial charge < -0.3 is 14.2 Å². The van der Waals surface area contributed by atoms with Gasteiger partial charge in [-0.05, 0) is 313 Å². The van der Waals surface area contributed by atoms with Gasteiger partial charge in [-0.25, -0.2) is 0 Å². The molecule has 15 aromatic rings. The maximum absolute atomic E-state index is 6.49. The van der Waals surface area contributed by atoms with Crippen LogP contribution in [-0.4, -0.2) is 0 Å². The number of nitrogens with zero attached hydrogens (tertiary/aromatic N) is 2. The Bertz CT molecular complexity index is 6100. The van der Waals surface area contributed by atoms with Gasteiger partial charge in [-0.2, -0.15) is 0 Å². The molecule has 6 bridgehead atoms. The molecule has 0 radical (unpaired) electrons. The monoisotopic (exact) mass is 1370 g/mol. The van der Waals surface area contributed by atoms with E-state index in [-0.39, 0.29) is 10.8 Å². The van der Waals surface area contributed by atoms with Crippen molar-refractivity contribution in [1.82, 2.24) is 0 Å². The number of hydrogen-bond acceptors (Lipinski definition) is 3. The van der Waals surface area contributed by atoms with E-state index in [4.69, 9.17) is 4.42 Å². The predicted molar refractivity (Wildman–Crippen MR) is 440 cm³/mol. The third-order valence-corrected chi connectivity index (χ3v) is 29.0. The molecule has 3 spiro atoms. The summed E-state index contributed by atoms with van der Waals surface area (Å²) in [5.41, 5.74) is 36.2. The van der Waals surface area contributed by atoms with E-state index < -0.39 is 0 Å². The van der Waals surface area contributed by atoms with E-state index >= 15 is 0 Å². The van der Waals surface area contributed by atoms with Crippen molar-refractivity contribution in [3.63, 3.8) is 0 Å². The number of para-hydroxylation sites is 1. The zero-order valence-electron chi connectivity index (χ0n) is 60.0. The Balaban J connectivity index is 0.581. The lowest BCUT2D eigenvalue weighted by Crippen LogP contribution is -2.65. The topological polar surface area (TPSA) is 19.6 Å². The normalized spacial score (nSPS) is 25.0. The van der Waals surface area contributed by atoms with Crippen molar-refractivity contribution in [2.75, 3.05) is 9.80 Å². The van der Waals surface area contributed by atoms with Gasteiger partial charge in [-0.1, -0.05) is 237 Å². The third-order valence-electron chi connectivity index (χ3n) is 29.0. The van der Waals surface area contributed by atoms with Crippen LogP contribution in [0.4, 0.5) is 34.1 Å². The molecule has 1 aromatic heterocycles. The summed E-state index contributed by atoms with van der Waals surface area (Å²) in [6.45, 7) is 0. The number of rotatable bonds is 12. The molecule has 1 heterocycles. The second kappa shape index (κ2) is 22.8. The zero-order chi connectivity index (χ0) is 69.8. The Hall–Kier alpha value is -11.5. The van der Waals surface area contributed by atoms with E-state index in [0.29, 0.717) is 17.3 Å². The van der Waals surface area contributed by atoms with Crippen molar-refractivity contribution in [2.24, 2.45) is 52.8 Å². The van der Waals surface area contributed by atoms with E-state index in [1.165, 1.54) is 152 Å². The molecule has 0 N–H and O–H groups in total. The minimum absolute atomic E-state index is 0.0201. The Labute approximate surface area is 626 Å². The Morgan fingerprint density at radius 1 is 0.243 bits per heavy atom. The van der Waals surface area contributed by atoms with Crippen LogP contribution in [0.5, 0.6) is 0 Å². The van der Waals surface area contributed by atoms with Gasteiger partial charge in [-0.15, -0.1) is 0 Å². The van der Waals surface area contributed by atoms with Crippen LogP contribution in [0.1, 0.15) is 80.0 Å². The van der Waals surface area contributed by atoms with E-state index in [2.05, 4.69) is 337 Å². The number of fused-ring (bicyclic) bond motifs is 14. The predicted octanol–water partition coefficient (Wildman–Crippen LogP) is 27.6. The van der Waals surface area contributed by atoms with Gasteiger partial charge in [0.25, 0.3) is 0 Å². The quantitative estimate of drug-likeness (QED) is 0.122. The number of hydrogen-bond donors (Lipinski definition) is 0. The molecular weight excluding hydrogens is 1290 g/mol. The highest BCUT2D eigenvalue weighted by Crippen LogP contribution is 2.88. The first-order valence-corrected chi connectivity index (χ1v) is 39.7. The van der Waals surface area contributed by atoms with Crippen molar-refractivity contribution in [1.29, 1.82) is 0 Å². The second-order valence-electron chi connectivity index (χ2n) is 33.5. The fourth-order valence-corrected chi connectivity index (χ4v) is 25.0. The molecule has 0 amide bonds. The first kappa shape index (κ1) is 60.7. The highest BCUT2D eigenvalue weighted by molar-refractivity contribution is 6.07. The van der Waals surface area contributed by atoms with Crippen LogP contribution in [0.2, 0.25) is 0 Å². The Kier molecular flexibility index (Phi) is 12.9. The fraction of sp³-hybridized carbons (Fsp3) is 0.192. The number of anilines is 6. The van der Waals surface area contributed by atoms with Gasteiger partial charge in [-0.3, -0.25) is 0 Å². The van der Waals surface area contributed by atoms with Gasteiger partial charge >= 0.3 is 0 Å². The van der Waals surface area contributed by atoms with E-state index in [0.717, 1.165) is 85.9 Å². The van der Waals surface area contributed by atoms with Crippen LogP contribution < -0.4 is 9.80 Å². The molecule has 6 atom stereocenters. The summed E-state index contributed by atoms with van der Waals surface area (Å²) < 4.78 is 6.49. The summed E-state index contributed by atoms with van der Waals surface area (Å²) in [5.74, 6) is 6.39. The first-order chi connectivity index (χ1) is 52.9. The molecule has 8 fully saturated rings. The van der Waals surface area contributed by atoms with Crippen molar-refractivity contribution in [2.45, 2.75) is 68.6 Å². The first-order valence-electron chi connectivity index (χ1n) is 39.7. The summed E-state index contributed by atoms with van der Waals surface area (Å²) in [6.07, 6.45) is 12.5. The molecular formula is C104H80N2O. The minimum atomic E-state index is -0.0201. The van der Waals surface area contributed by atoms with Gasteiger partial charge in [0.1, 0.15) is 11.2 Å². The molecule has 3 heteroatoms. The van der Waals surface area contributed by atoms with Gasteiger partial charge in [0.05, 0.1) is 0 Å². The van der Waals surface area contributed by atoms with Crippen LogP contribution in [0, 0.1) is 52.8 Å². The SMILES string of the molecule is c1ccc(-c2ccc(-c3ccc(N(c4ccc5c(c4)-c4c(-c6cccc(-c7ccc(-c8ccc(N(c9cccc(-c%10ccccc%10)c9)c9ccc%10c(c9)-c9ccccc9C%109C%10CC%11CC%12C[C@H]9C%11%12C%10)cc8)cc7)c6)cccc4C54C5CC6CC(C5)CC4C6)c4ccc5oc6ccccc6c5c4)cc3)cc2)cc1. The van der Waals surface area contributed by atoms with Crippen LogP contribution in [0.15, 0.2) is 332 Å². The minimum Gasteiger partial charge on any atom is -0.456 e. The largest absolute Gasteiger partial charge is 0.456 e. The zero-order valence-corrected chi connectivity index (χ0v) is 60.0. The number of benzene rings is 14. The lowest BCUT2D eigenvalue weighted by Gasteiger charge is -2.70. The maximum Gasteiger partial charge on any atom is 0.135 e. The molecule has 25 rings (SSSR count). The van der Waals surface area contributed by atoms with Crippen LogP contribution in [0.3, 0.4) is 0 Å². The van der Waals surface area contributed by atoms with Crippen molar-refractivity contribution < 1.29 is 4.42 Å². The summed E-state index contributed by atoms with van der Waals surface area (Å²) in [6, 6.07) is 125. The molecule has 10 aliphatic carbocycles. The second-order valence-corrected chi connectivity index (χ2v) is 33.5. The van der Waals surface area contributed by atoms with Gasteiger partial charge in [0.15, 0.2) is 0 Å². The fourth-order valence-electron chi connectivity index (χ4n) is 25.0. The standard InChI is InChI=1S/C104H80N2O/c1-3-14-66(15-4-1)68-28-30-69(31-29-68)71-38-42-83(43-39-71)106(87-46-49-99-92(61-87)90-23-8-10-27-98(90)107-99)86-45-48-96-93(62-86)101-88(24-13-26-97(101)103(96)79-51-64-50-65(53-79)54-80(103)52-64)76-20-11-18-74(55-76)73-34-32-70(33-35-73)72-36-40-82(41-37-72)105(84-21-12-19-75(56-84)67-16-5-2-6-17-67)85-44-47-95-91(60-85)89-22-7-9-25-94(89)104(95)81-58-77-57-78-59-100(104)102(77,78)63-81/h1-49,55-56,60-62,64-65,77-81,100H,50-54,57-59,63H2/t64?,65?,77?,78?,79?,80?,81?,100-,102?,103?,104?/m0/s1. The highest BCUT2D eigenvalue weighted by atomic mass is 16.3. The van der Waals surface area contributed by atoms with Gasteiger partial charge in [0, 0.05) is 55.7 Å². The van der Waals surface area contributed by atoms with Crippen molar-refractivity contribution >= 4 is 56.1 Å². The molecule has 8 saturated carbocycles. The van der Waals surface area contributed by atoms with Crippen molar-refractivity contribution in [3.05, 3.63) is 350 Å². The third kappa shape index (κ3) is 8.60. The average Bonchev–Trinajstić information content (AvgIpc) is 1.45. The lowest BCUT2D eigenvalue weighted by atomic mass is 9.34. The van der Waals surface area contributed by atoms with Crippen molar-refractivity contribution in [3.8, 4) is 89.0 Å².